The molecule has 1 atom stereocenters. The Balaban J connectivity index is 1.32. The Morgan fingerprint density at radius 1 is 1.30 bits per heavy atom. The molecule has 5 nitrogen and oxygen atoms in total. The molecule has 0 saturated carbocycles. The molecule has 27 heavy (non-hydrogen) atoms. The zero-order valence-corrected chi connectivity index (χ0v) is 15.6. The highest BCUT2D eigenvalue weighted by atomic mass is 16.6. The minimum Gasteiger partial charge on any atom is -0.486 e. The van der Waals surface area contributed by atoms with Gasteiger partial charge in [-0.25, -0.2) is 4.79 Å². The van der Waals surface area contributed by atoms with Gasteiger partial charge in [-0.05, 0) is 30.0 Å². The average molecular weight is 367 g/mol. The molecule has 1 aliphatic carbocycles. The molecule has 4 rings (SSSR count). The van der Waals surface area contributed by atoms with Crippen LogP contribution in [0.15, 0.2) is 48.1 Å². The SMILES string of the molecule is CC1C=CC(COC(=O)N2CCC3(CC2)CC(=O)c2ccccc2O3)=CC1. The highest BCUT2D eigenvalue weighted by Crippen LogP contribution is 2.39. The second kappa shape index (κ2) is 7.22. The molecule has 1 aromatic carbocycles. The number of nitrogens with zero attached hydrogens (tertiary/aromatic N) is 1. The number of ether oxygens (including phenoxy) is 2. The number of rotatable bonds is 2. The summed E-state index contributed by atoms with van der Waals surface area (Å²) in [6.07, 6.45) is 8.66. The van der Waals surface area contributed by atoms with Crippen LogP contribution < -0.4 is 4.74 Å². The topological polar surface area (TPSA) is 55.8 Å². The van der Waals surface area contributed by atoms with E-state index in [0.29, 0.717) is 56.2 Å². The van der Waals surface area contributed by atoms with E-state index in [0.717, 1.165) is 12.0 Å². The fraction of sp³-hybridized carbons (Fsp3) is 0.455. The number of carbonyl (C=O) groups excluding carboxylic acids is 2. The normalized spacial score (nSPS) is 23.4. The number of likely N-dealkylation sites (tertiary alicyclic amines) is 1. The third-order valence-electron chi connectivity index (χ3n) is 5.68. The van der Waals surface area contributed by atoms with Crippen LogP contribution in [0.2, 0.25) is 0 Å². The monoisotopic (exact) mass is 367 g/mol. The van der Waals surface area contributed by atoms with Crippen molar-refractivity contribution in [3.8, 4) is 5.75 Å². The molecule has 1 fully saturated rings. The van der Waals surface area contributed by atoms with E-state index in [1.54, 1.807) is 4.90 Å². The quantitative estimate of drug-likeness (QED) is 0.788. The van der Waals surface area contributed by atoms with Gasteiger partial charge in [0, 0.05) is 25.9 Å². The second-order valence-corrected chi connectivity index (χ2v) is 7.77. The number of allylic oxidation sites excluding steroid dienone is 2. The molecule has 0 aromatic heterocycles. The lowest BCUT2D eigenvalue weighted by Crippen LogP contribution is -2.52. The predicted molar refractivity (Wildman–Crippen MR) is 102 cm³/mol. The van der Waals surface area contributed by atoms with Crippen molar-refractivity contribution in [1.29, 1.82) is 0 Å². The molecule has 1 spiro atoms. The molecule has 5 heteroatoms. The Bertz CT molecular complexity index is 802. The largest absolute Gasteiger partial charge is 0.486 e. The van der Waals surface area contributed by atoms with Crippen LogP contribution >= 0.6 is 0 Å². The first-order valence-corrected chi connectivity index (χ1v) is 9.65. The molecule has 3 aliphatic rings. The van der Waals surface area contributed by atoms with Gasteiger partial charge in [0.05, 0.1) is 12.0 Å². The zero-order valence-electron chi connectivity index (χ0n) is 15.6. The molecule has 1 amide bonds. The van der Waals surface area contributed by atoms with E-state index in [-0.39, 0.29) is 11.9 Å². The molecular weight excluding hydrogens is 342 g/mol. The third-order valence-corrected chi connectivity index (χ3v) is 5.68. The van der Waals surface area contributed by atoms with Crippen LogP contribution in [0.5, 0.6) is 5.75 Å². The Hall–Kier alpha value is -2.56. The first-order chi connectivity index (χ1) is 13.0. The van der Waals surface area contributed by atoms with Gasteiger partial charge < -0.3 is 14.4 Å². The molecule has 142 valence electrons. The second-order valence-electron chi connectivity index (χ2n) is 7.77. The van der Waals surface area contributed by atoms with Crippen molar-refractivity contribution in [2.24, 2.45) is 5.92 Å². The number of benzene rings is 1. The summed E-state index contributed by atoms with van der Waals surface area (Å²) in [5.74, 6) is 1.33. The van der Waals surface area contributed by atoms with Gasteiger partial charge in [0.2, 0.25) is 0 Å². The maximum absolute atomic E-state index is 12.5. The minimum atomic E-state index is -0.493. The van der Waals surface area contributed by atoms with Gasteiger partial charge in [0.15, 0.2) is 5.78 Å². The molecule has 1 aromatic rings. The van der Waals surface area contributed by atoms with Gasteiger partial charge in [0.25, 0.3) is 0 Å². The molecule has 0 bridgehead atoms. The van der Waals surface area contributed by atoms with Crippen molar-refractivity contribution in [2.75, 3.05) is 19.7 Å². The van der Waals surface area contributed by atoms with Crippen LogP contribution in [-0.2, 0) is 4.74 Å². The van der Waals surface area contributed by atoms with Crippen LogP contribution in [0.3, 0.4) is 0 Å². The van der Waals surface area contributed by atoms with Crippen LogP contribution in [0.4, 0.5) is 4.79 Å². The molecule has 1 unspecified atom stereocenters. The number of Topliss-reactive ketones (excluding diaryl/α,β-unsaturated/α-hetero) is 1. The Morgan fingerprint density at radius 2 is 2.07 bits per heavy atom. The Kier molecular flexibility index (Phi) is 4.77. The summed E-state index contributed by atoms with van der Waals surface area (Å²) in [6.45, 7) is 3.56. The number of fused-ring (bicyclic) bond motifs is 1. The van der Waals surface area contributed by atoms with Crippen molar-refractivity contribution in [1.82, 2.24) is 4.90 Å². The van der Waals surface area contributed by atoms with E-state index in [9.17, 15) is 9.59 Å². The number of hydrogen-bond donors (Lipinski definition) is 0. The van der Waals surface area contributed by atoms with Gasteiger partial charge in [-0.15, -0.1) is 0 Å². The molecule has 0 radical (unpaired) electrons. The Labute approximate surface area is 159 Å². The van der Waals surface area contributed by atoms with E-state index < -0.39 is 5.60 Å². The summed E-state index contributed by atoms with van der Waals surface area (Å²) in [4.78, 5) is 26.6. The predicted octanol–water partition coefficient (Wildman–Crippen LogP) is 4.15. The van der Waals surface area contributed by atoms with E-state index >= 15 is 0 Å². The number of ketones is 1. The highest BCUT2D eigenvalue weighted by molar-refractivity contribution is 6.00. The third kappa shape index (κ3) is 3.77. The van der Waals surface area contributed by atoms with Gasteiger partial charge >= 0.3 is 6.09 Å². The van der Waals surface area contributed by atoms with Crippen LogP contribution in [0, 0.1) is 5.92 Å². The minimum absolute atomic E-state index is 0.123. The fourth-order valence-corrected chi connectivity index (χ4v) is 3.93. The van der Waals surface area contributed by atoms with Crippen molar-refractivity contribution in [3.63, 3.8) is 0 Å². The molecule has 2 heterocycles. The zero-order chi connectivity index (χ0) is 18.9. The van der Waals surface area contributed by atoms with Crippen LogP contribution in [-0.4, -0.2) is 42.1 Å². The van der Waals surface area contributed by atoms with E-state index in [1.807, 2.05) is 30.3 Å². The van der Waals surface area contributed by atoms with Gasteiger partial charge in [-0.2, -0.15) is 0 Å². The molecular formula is C22H25NO4. The van der Waals surface area contributed by atoms with Crippen molar-refractivity contribution in [3.05, 3.63) is 53.6 Å². The van der Waals surface area contributed by atoms with Gasteiger partial charge in [-0.1, -0.05) is 37.3 Å². The van der Waals surface area contributed by atoms with Crippen LogP contribution in [0.1, 0.15) is 43.0 Å². The average Bonchev–Trinajstić information content (AvgIpc) is 2.68. The molecule has 0 N–H and O–H groups in total. The summed E-state index contributed by atoms with van der Waals surface area (Å²) in [5, 5.41) is 0. The maximum Gasteiger partial charge on any atom is 0.410 e. The van der Waals surface area contributed by atoms with E-state index in [4.69, 9.17) is 9.47 Å². The summed E-state index contributed by atoms with van der Waals surface area (Å²) in [6, 6.07) is 7.40. The van der Waals surface area contributed by atoms with Gasteiger partial charge in [0.1, 0.15) is 18.0 Å². The van der Waals surface area contributed by atoms with E-state index in [2.05, 4.69) is 19.1 Å². The smallest absolute Gasteiger partial charge is 0.410 e. The number of piperidine rings is 1. The van der Waals surface area contributed by atoms with Crippen LogP contribution in [0.25, 0.3) is 0 Å². The number of carbonyl (C=O) groups is 2. The number of hydrogen-bond acceptors (Lipinski definition) is 4. The molecule has 2 aliphatic heterocycles. The lowest BCUT2D eigenvalue weighted by atomic mass is 9.82. The van der Waals surface area contributed by atoms with Gasteiger partial charge in [-0.3, -0.25) is 4.79 Å². The van der Waals surface area contributed by atoms with Crippen molar-refractivity contribution in [2.45, 2.75) is 38.2 Å². The summed E-state index contributed by atoms with van der Waals surface area (Å²) in [5.41, 5.74) is 1.22. The summed E-state index contributed by atoms with van der Waals surface area (Å²) >= 11 is 0. The number of amides is 1. The maximum atomic E-state index is 12.5. The Morgan fingerprint density at radius 3 is 2.81 bits per heavy atom. The van der Waals surface area contributed by atoms with Crippen molar-refractivity contribution < 1.29 is 19.1 Å². The van der Waals surface area contributed by atoms with Crippen molar-refractivity contribution >= 4 is 11.9 Å². The number of para-hydroxylation sites is 1. The summed E-state index contributed by atoms with van der Waals surface area (Å²) < 4.78 is 11.7. The fourth-order valence-electron chi connectivity index (χ4n) is 3.93. The van der Waals surface area contributed by atoms with E-state index in [1.165, 1.54) is 0 Å². The first kappa shape index (κ1) is 17.8. The lowest BCUT2D eigenvalue weighted by Gasteiger charge is -2.43. The summed E-state index contributed by atoms with van der Waals surface area (Å²) in [7, 11) is 0. The first-order valence-electron chi connectivity index (χ1n) is 9.65. The standard InChI is InChI=1S/C22H25NO4/c1-16-6-8-17(9-7-16)15-26-21(25)23-12-10-22(11-13-23)14-19(24)18-4-2-3-5-20(18)27-22/h2-6,8-9,16H,7,10-15H2,1H3. The lowest BCUT2D eigenvalue weighted by molar-refractivity contribution is -0.00826. The highest BCUT2D eigenvalue weighted by Gasteiger charge is 2.43. The molecule has 1 saturated heterocycles.